The van der Waals surface area contributed by atoms with Gasteiger partial charge < -0.3 is 4.74 Å². The Morgan fingerprint density at radius 2 is 1.67 bits per heavy atom. The molecule has 0 fully saturated rings. The minimum Gasteiger partial charge on any atom is -0.497 e. The molecule has 0 N–H and O–H groups in total. The van der Waals surface area contributed by atoms with E-state index in [-0.39, 0.29) is 5.78 Å². The molecule has 2 aromatic rings. The average molecular weight is 319 g/mol. The molecule has 0 aromatic heterocycles. The summed E-state index contributed by atoms with van der Waals surface area (Å²) in [6.07, 6.45) is 8.25. The fraction of sp³-hybridized carbons (Fsp3) is 0.190. The van der Waals surface area contributed by atoms with Crippen LogP contribution >= 0.6 is 0 Å². The quantitative estimate of drug-likeness (QED) is 0.785. The largest absolute Gasteiger partial charge is 0.497 e. The van der Waals surface area contributed by atoms with E-state index in [0.29, 0.717) is 16.9 Å². The van der Waals surface area contributed by atoms with E-state index in [0.717, 1.165) is 5.56 Å². The van der Waals surface area contributed by atoms with Gasteiger partial charge in [0.1, 0.15) is 5.75 Å². The normalized spacial score (nSPS) is 15.0. The van der Waals surface area contributed by atoms with Crippen LogP contribution in [0.3, 0.4) is 0 Å². The number of hydrogen-bond donors (Lipinski definition) is 0. The van der Waals surface area contributed by atoms with Crippen molar-refractivity contribution in [3.05, 3.63) is 89.5 Å². The molecule has 0 unspecified atom stereocenters. The molecule has 0 atom stereocenters. The van der Waals surface area contributed by atoms with Crippen LogP contribution in [0, 0.1) is 0 Å². The Labute approximate surface area is 142 Å². The molecular formula is C21H21NO2. The number of benzene rings is 2. The second-order valence-corrected chi connectivity index (χ2v) is 6.04. The van der Waals surface area contributed by atoms with Crippen molar-refractivity contribution in [1.29, 1.82) is 0 Å². The van der Waals surface area contributed by atoms with Crippen LogP contribution < -0.4 is 4.74 Å². The zero-order valence-electron chi connectivity index (χ0n) is 14.2. The minimum absolute atomic E-state index is 0.000532. The SMILES string of the molecule is COc1ccc(C2(N(C)C)C=CC=C2)c(C(=O)c2ccccc2)c1. The third-order valence-electron chi connectivity index (χ3n) is 4.49. The van der Waals surface area contributed by atoms with E-state index in [1.165, 1.54) is 0 Å². The van der Waals surface area contributed by atoms with Crippen molar-refractivity contribution in [1.82, 2.24) is 4.90 Å². The van der Waals surface area contributed by atoms with Gasteiger partial charge in [-0.05, 0) is 31.8 Å². The Morgan fingerprint density at radius 1 is 1.00 bits per heavy atom. The van der Waals surface area contributed by atoms with Crippen molar-refractivity contribution in [2.75, 3.05) is 21.2 Å². The topological polar surface area (TPSA) is 29.5 Å². The van der Waals surface area contributed by atoms with Gasteiger partial charge in [0.2, 0.25) is 0 Å². The Kier molecular flexibility index (Phi) is 4.36. The molecule has 0 heterocycles. The monoisotopic (exact) mass is 319 g/mol. The van der Waals surface area contributed by atoms with Gasteiger partial charge in [0.15, 0.2) is 5.78 Å². The summed E-state index contributed by atoms with van der Waals surface area (Å²) in [5.41, 5.74) is 1.86. The van der Waals surface area contributed by atoms with E-state index in [1.807, 2.05) is 74.8 Å². The predicted molar refractivity (Wildman–Crippen MR) is 96.5 cm³/mol. The van der Waals surface area contributed by atoms with Crippen molar-refractivity contribution in [3.63, 3.8) is 0 Å². The molecule has 0 spiro atoms. The van der Waals surface area contributed by atoms with Crippen molar-refractivity contribution in [3.8, 4) is 5.75 Å². The highest BCUT2D eigenvalue weighted by atomic mass is 16.5. The minimum atomic E-state index is -0.425. The number of likely N-dealkylation sites (N-methyl/N-ethyl adjacent to an activating group) is 1. The third-order valence-corrected chi connectivity index (χ3v) is 4.49. The van der Waals surface area contributed by atoms with E-state index in [2.05, 4.69) is 17.1 Å². The lowest BCUT2D eigenvalue weighted by Crippen LogP contribution is -2.38. The number of methoxy groups -OCH3 is 1. The van der Waals surface area contributed by atoms with E-state index in [4.69, 9.17) is 4.74 Å². The predicted octanol–water partition coefficient (Wildman–Crippen LogP) is 3.81. The van der Waals surface area contributed by atoms with Crippen LogP contribution in [-0.4, -0.2) is 31.9 Å². The Balaban J connectivity index is 2.19. The Morgan fingerprint density at radius 3 is 2.25 bits per heavy atom. The summed E-state index contributed by atoms with van der Waals surface area (Å²) in [4.78, 5) is 15.2. The van der Waals surface area contributed by atoms with E-state index < -0.39 is 5.54 Å². The Hall–Kier alpha value is -2.65. The lowest BCUT2D eigenvalue weighted by Gasteiger charge is -2.35. The fourth-order valence-electron chi connectivity index (χ4n) is 3.11. The van der Waals surface area contributed by atoms with Gasteiger partial charge in [-0.15, -0.1) is 0 Å². The molecule has 0 bridgehead atoms. The van der Waals surface area contributed by atoms with Crippen molar-refractivity contribution >= 4 is 5.78 Å². The second-order valence-electron chi connectivity index (χ2n) is 6.04. The summed E-state index contributed by atoms with van der Waals surface area (Å²) < 4.78 is 5.35. The molecule has 0 amide bonds. The number of ether oxygens (including phenoxy) is 1. The van der Waals surface area contributed by atoms with Crippen LogP contribution in [0.2, 0.25) is 0 Å². The maximum absolute atomic E-state index is 13.1. The van der Waals surface area contributed by atoms with Gasteiger partial charge in [0.05, 0.1) is 12.6 Å². The molecule has 122 valence electrons. The van der Waals surface area contributed by atoms with E-state index in [1.54, 1.807) is 7.11 Å². The van der Waals surface area contributed by atoms with Gasteiger partial charge in [-0.3, -0.25) is 9.69 Å². The number of allylic oxidation sites excluding steroid dienone is 2. The summed E-state index contributed by atoms with van der Waals surface area (Å²) >= 11 is 0. The van der Waals surface area contributed by atoms with Crippen LogP contribution in [0.25, 0.3) is 0 Å². The van der Waals surface area contributed by atoms with E-state index in [9.17, 15) is 4.79 Å². The standard InChI is InChI=1S/C21H21NO2/c1-22(2)21(13-7-8-14-21)19-12-11-17(24-3)15-18(19)20(23)16-9-5-4-6-10-16/h4-15H,1-3H3. The smallest absolute Gasteiger partial charge is 0.193 e. The van der Waals surface area contributed by atoms with Gasteiger partial charge in [0.25, 0.3) is 0 Å². The molecule has 2 aromatic carbocycles. The van der Waals surface area contributed by atoms with Crippen molar-refractivity contribution in [2.24, 2.45) is 0 Å². The molecular weight excluding hydrogens is 298 g/mol. The number of rotatable bonds is 5. The van der Waals surface area contributed by atoms with Crippen LogP contribution in [0.4, 0.5) is 0 Å². The maximum Gasteiger partial charge on any atom is 0.193 e. The van der Waals surface area contributed by atoms with Crippen LogP contribution in [0.15, 0.2) is 72.8 Å². The average Bonchev–Trinajstić information content (AvgIpc) is 3.12. The highest BCUT2D eigenvalue weighted by Gasteiger charge is 2.34. The first kappa shape index (κ1) is 16.2. The number of carbonyl (C=O) groups is 1. The second kappa shape index (κ2) is 6.46. The number of nitrogens with zero attached hydrogens (tertiary/aromatic N) is 1. The van der Waals surface area contributed by atoms with Gasteiger partial charge in [-0.1, -0.05) is 60.7 Å². The molecule has 1 aliphatic carbocycles. The summed E-state index contributed by atoms with van der Waals surface area (Å²) in [5.74, 6) is 0.678. The molecule has 3 heteroatoms. The first-order valence-electron chi connectivity index (χ1n) is 7.91. The molecule has 0 aliphatic heterocycles. The zero-order valence-corrected chi connectivity index (χ0v) is 14.2. The van der Waals surface area contributed by atoms with Gasteiger partial charge in [0, 0.05) is 11.1 Å². The van der Waals surface area contributed by atoms with Crippen molar-refractivity contribution in [2.45, 2.75) is 5.54 Å². The van der Waals surface area contributed by atoms with Gasteiger partial charge in [-0.25, -0.2) is 0 Å². The third kappa shape index (κ3) is 2.68. The first-order valence-corrected chi connectivity index (χ1v) is 7.91. The molecule has 1 aliphatic rings. The van der Waals surface area contributed by atoms with Crippen LogP contribution in [0.1, 0.15) is 21.5 Å². The van der Waals surface area contributed by atoms with Gasteiger partial charge in [-0.2, -0.15) is 0 Å². The summed E-state index contributed by atoms with van der Waals surface area (Å²) in [7, 11) is 5.64. The van der Waals surface area contributed by atoms with E-state index >= 15 is 0 Å². The highest BCUT2D eigenvalue weighted by molar-refractivity contribution is 6.10. The van der Waals surface area contributed by atoms with Gasteiger partial charge >= 0.3 is 0 Å². The molecule has 0 saturated carbocycles. The highest BCUT2D eigenvalue weighted by Crippen LogP contribution is 2.37. The number of carbonyl (C=O) groups excluding carboxylic acids is 1. The van der Waals surface area contributed by atoms with Crippen molar-refractivity contribution < 1.29 is 9.53 Å². The molecule has 24 heavy (non-hydrogen) atoms. The van der Waals surface area contributed by atoms with Crippen LogP contribution in [-0.2, 0) is 5.54 Å². The summed E-state index contributed by atoms with van der Waals surface area (Å²) in [6.45, 7) is 0. The fourth-order valence-corrected chi connectivity index (χ4v) is 3.11. The number of hydrogen-bond acceptors (Lipinski definition) is 3. The molecule has 3 rings (SSSR count). The maximum atomic E-state index is 13.1. The number of ketones is 1. The molecule has 0 saturated heterocycles. The Bertz CT molecular complexity index is 792. The first-order chi connectivity index (χ1) is 11.6. The lowest BCUT2D eigenvalue weighted by atomic mass is 9.84. The zero-order chi connectivity index (χ0) is 17.2. The summed E-state index contributed by atoms with van der Waals surface area (Å²) in [5, 5.41) is 0. The van der Waals surface area contributed by atoms with Crippen LogP contribution in [0.5, 0.6) is 5.75 Å². The summed E-state index contributed by atoms with van der Waals surface area (Å²) in [6, 6.07) is 15.1. The lowest BCUT2D eigenvalue weighted by molar-refractivity contribution is 0.103. The molecule has 0 radical (unpaired) electrons. The molecule has 3 nitrogen and oxygen atoms in total.